The lowest BCUT2D eigenvalue weighted by Gasteiger charge is -2.22. The quantitative estimate of drug-likeness (QED) is 0.416. The van der Waals surface area contributed by atoms with Crippen molar-refractivity contribution in [3.63, 3.8) is 0 Å². The van der Waals surface area contributed by atoms with Crippen LogP contribution < -0.4 is 21.1 Å². The molecule has 1 aliphatic rings. The number of carbonyl (C=O) groups is 3. The van der Waals surface area contributed by atoms with Crippen molar-refractivity contribution in [1.29, 1.82) is 0 Å². The summed E-state index contributed by atoms with van der Waals surface area (Å²) in [5, 5.41) is 4.92. The maximum Gasteiger partial charge on any atom is 0.407 e. The van der Waals surface area contributed by atoms with Gasteiger partial charge in [-0.15, -0.1) is 0 Å². The molecule has 0 spiro atoms. The van der Waals surface area contributed by atoms with Crippen molar-refractivity contribution in [2.45, 2.75) is 45.1 Å². The van der Waals surface area contributed by atoms with E-state index >= 15 is 0 Å². The molecule has 26 heavy (non-hydrogen) atoms. The van der Waals surface area contributed by atoms with Crippen LogP contribution in [0.3, 0.4) is 0 Å². The van der Waals surface area contributed by atoms with Crippen LogP contribution in [0.4, 0.5) is 10.5 Å². The summed E-state index contributed by atoms with van der Waals surface area (Å²) in [4.78, 5) is 34.8. The Hall–Kier alpha value is -2.77. The van der Waals surface area contributed by atoms with Crippen LogP contribution in [0.1, 0.15) is 45.1 Å². The van der Waals surface area contributed by atoms with Gasteiger partial charge in [0.15, 0.2) is 0 Å². The molecule has 1 fully saturated rings. The van der Waals surface area contributed by atoms with Crippen molar-refractivity contribution >= 4 is 23.6 Å². The first-order valence-corrected chi connectivity index (χ1v) is 8.48. The topological polar surface area (TPSA) is 120 Å². The van der Waals surface area contributed by atoms with Gasteiger partial charge < -0.3 is 20.5 Å². The van der Waals surface area contributed by atoms with Gasteiger partial charge in [-0.05, 0) is 44.9 Å². The molecule has 1 aromatic carbocycles. The van der Waals surface area contributed by atoms with Crippen molar-refractivity contribution in [3.05, 3.63) is 23.8 Å². The molecule has 8 heteroatoms. The number of anilines is 1. The highest BCUT2D eigenvalue weighted by Gasteiger charge is 2.28. The smallest absolute Gasteiger partial charge is 0.407 e. The number of rotatable bonds is 5. The molecule has 142 valence electrons. The lowest BCUT2D eigenvalue weighted by molar-refractivity contribution is -0.134. The van der Waals surface area contributed by atoms with Crippen molar-refractivity contribution in [2.75, 3.05) is 18.9 Å². The summed E-state index contributed by atoms with van der Waals surface area (Å²) in [7, 11) is 0. The molecule has 0 bridgehead atoms. The van der Waals surface area contributed by atoms with Gasteiger partial charge in [0.05, 0.1) is 12.5 Å². The number of benzene rings is 1. The van der Waals surface area contributed by atoms with Crippen molar-refractivity contribution < 1.29 is 23.9 Å². The zero-order valence-electron chi connectivity index (χ0n) is 15.3. The summed E-state index contributed by atoms with van der Waals surface area (Å²) >= 11 is 0. The summed E-state index contributed by atoms with van der Waals surface area (Å²) in [6, 6.07) is 5.07. The fraction of sp³-hybridized carbons (Fsp3) is 0.500. The first-order chi connectivity index (χ1) is 12.1. The minimum atomic E-state index is -0.560. The summed E-state index contributed by atoms with van der Waals surface area (Å²) in [5.74, 6) is -0.529. The number of nitrogen functional groups attached to an aromatic ring is 1. The largest absolute Gasteiger partial charge is 0.492 e. The van der Waals surface area contributed by atoms with Gasteiger partial charge in [0.2, 0.25) is 11.8 Å². The Morgan fingerprint density at radius 3 is 2.69 bits per heavy atom. The normalized spacial score (nSPS) is 17.4. The monoisotopic (exact) mass is 363 g/mol. The SMILES string of the molecule is CC(C)(C)OC(=O)NCCOc1cc(N)cc(C2CCC(=O)NC2=O)c1. The van der Waals surface area contributed by atoms with Crippen LogP contribution in [0.15, 0.2) is 18.2 Å². The van der Waals surface area contributed by atoms with Gasteiger partial charge in [-0.25, -0.2) is 4.79 Å². The molecule has 3 amide bonds. The van der Waals surface area contributed by atoms with Gasteiger partial charge in [-0.2, -0.15) is 0 Å². The van der Waals surface area contributed by atoms with Crippen LogP contribution in [0.25, 0.3) is 0 Å². The minimum absolute atomic E-state index is 0.220. The maximum absolute atomic E-state index is 12.0. The summed E-state index contributed by atoms with van der Waals surface area (Å²) in [6.45, 7) is 5.83. The Labute approximate surface area is 152 Å². The lowest BCUT2D eigenvalue weighted by atomic mass is 9.90. The van der Waals surface area contributed by atoms with Gasteiger partial charge in [-0.1, -0.05) is 0 Å². The van der Waals surface area contributed by atoms with Crippen LogP contribution >= 0.6 is 0 Å². The molecule has 1 heterocycles. The number of hydrogen-bond acceptors (Lipinski definition) is 6. The number of hydrogen-bond donors (Lipinski definition) is 3. The molecule has 0 aliphatic carbocycles. The Morgan fingerprint density at radius 1 is 1.31 bits per heavy atom. The van der Waals surface area contributed by atoms with Crippen molar-refractivity contribution in [1.82, 2.24) is 10.6 Å². The number of amides is 3. The van der Waals surface area contributed by atoms with E-state index in [0.717, 1.165) is 0 Å². The van der Waals surface area contributed by atoms with E-state index in [-0.39, 0.29) is 25.0 Å². The van der Waals surface area contributed by atoms with E-state index in [9.17, 15) is 14.4 Å². The molecule has 1 unspecified atom stereocenters. The standard InChI is InChI=1S/C18H25N3O5/c1-18(2,3)26-17(24)20-6-7-25-13-9-11(8-12(19)10-13)14-4-5-15(22)21-16(14)23/h8-10,14H,4-7,19H2,1-3H3,(H,20,24)(H,21,22,23). The molecule has 1 aliphatic heterocycles. The number of carbonyl (C=O) groups excluding carboxylic acids is 3. The van der Waals surface area contributed by atoms with Crippen LogP contribution in [0.2, 0.25) is 0 Å². The first kappa shape index (κ1) is 19.6. The van der Waals surface area contributed by atoms with Crippen LogP contribution in [-0.2, 0) is 14.3 Å². The fourth-order valence-corrected chi connectivity index (χ4v) is 2.58. The predicted molar refractivity (Wildman–Crippen MR) is 95.7 cm³/mol. The molecule has 1 saturated heterocycles. The Kier molecular flexibility index (Phi) is 6.07. The molecule has 0 aromatic heterocycles. The molecule has 2 rings (SSSR count). The first-order valence-electron chi connectivity index (χ1n) is 8.48. The van der Waals surface area contributed by atoms with Crippen LogP contribution in [0, 0.1) is 0 Å². The zero-order chi connectivity index (χ0) is 19.3. The van der Waals surface area contributed by atoms with Crippen LogP contribution in [0.5, 0.6) is 5.75 Å². The average molecular weight is 363 g/mol. The van der Waals surface area contributed by atoms with Gasteiger partial charge >= 0.3 is 6.09 Å². The Balaban J connectivity index is 1.90. The van der Waals surface area contributed by atoms with Crippen molar-refractivity contribution in [3.8, 4) is 5.75 Å². The Morgan fingerprint density at radius 2 is 2.04 bits per heavy atom. The third-order valence-corrected chi connectivity index (χ3v) is 3.63. The fourth-order valence-electron chi connectivity index (χ4n) is 2.58. The van der Waals surface area contributed by atoms with E-state index in [2.05, 4.69) is 10.6 Å². The lowest BCUT2D eigenvalue weighted by Crippen LogP contribution is -2.39. The number of piperidine rings is 1. The summed E-state index contributed by atoms with van der Waals surface area (Å²) in [5.41, 5.74) is 6.49. The molecule has 0 saturated carbocycles. The van der Waals surface area contributed by atoms with E-state index in [1.807, 2.05) is 0 Å². The number of imide groups is 1. The van der Waals surface area contributed by atoms with E-state index in [0.29, 0.717) is 29.8 Å². The van der Waals surface area contributed by atoms with Crippen molar-refractivity contribution in [2.24, 2.45) is 0 Å². The number of nitrogens with two attached hydrogens (primary N) is 1. The average Bonchev–Trinajstić information content (AvgIpc) is 2.49. The molecular formula is C18H25N3O5. The van der Waals surface area contributed by atoms with E-state index < -0.39 is 17.6 Å². The number of alkyl carbamates (subject to hydrolysis) is 1. The molecule has 4 N–H and O–H groups in total. The van der Waals surface area contributed by atoms with Gasteiger partial charge in [0.25, 0.3) is 0 Å². The van der Waals surface area contributed by atoms with E-state index in [1.54, 1.807) is 39.0 Å². The highest BCUT2D eigenvalue weighted by atomic mass is 16.6. The third kappa shape index (κ3) is 5.94. The second kappa shape index (κ2) is 8.07. The summed E-state index contributed by atoms with van der Waals surface area (Å²) < 4.78 is 10.7. The number of nitrogens with one attached hydrogen (secondary N) is 2. The minimum Gasteiger partial charge on any atom is -0.492 e. The van der Waals surface area contributed by atoms with Gasteiger partial charge in [0, 0.05) is 18.2 Å². The highest BCUT2D eigenvalue weighted by molar-refractivity contribution is 6.01. The molecule has 1 atom stereocenters. The summed E-state index contributed by atoms with van der Waals surface area (Å²) in [6.07, 6.45) is 0.215. The van der Waals surface area contributed by atoms with Gasteiger partial charge in [0.1, 0.15) is 18.0 Å². The van der Waals surface area contributed by atoms with E-state index in [1.165, 1.54) is 0 Å². The molecule has 1 aromatic rings. The highest BCUT2D eigenvalue weighted by Crippen LogP contribution is 2.29. The van der Waals surface area contributed by atoms with Gasteiger partial charge in [-0.3, -0.25) is 14.9 Å². The Bertz CT molecular complexity index is 697. The molecular weight excluding hydrogens is 338 g/mol. The zero-order valence-corrected chi connectivity index (χ0v) is 15.3. The molecule has 0 radical (unpaired) electrons. The molecule has 8 nitrogen and oxygen atoms in total. The van der Waals surface area contributed by atoms with Crippen LogP contribution in [-0.4, -0.2) is 36.7 Å². The third-order valence-electron chi connectivity index (χ3n) is 3.63. The second-order valence-electron chi connectivity index (χ2n) is 7.12. The predicted octanol–water partition coefficient (Wildman–Crippen LogP) is 1.69. The van der Waals surface area contributed by atoms with E-state index in [4.69, 9.17) is 15.2 Å². The second-order valence-corrected chi connectivity index (χ2v) is 7.12. The maximum atomic E-state index is 12.0. The number of ether oxygens (including phenoxy) is 2.